The molecule has 1 aliphatic heterocycles. The van der Waals surface area contributed by atoms with Crippen LogP contribution in [0.4, 0.5) is 0 Å². The molecule has 4 heteroatoms. The van der Waals surface area contributed by atoms with Gasteiger partial charge in [0.05, 0.1) is 19.1 Å². The standard InChI is InChI=1S/C8H15NO3/c1-6(4-10)9-8(11)7-2-3-12-5-7/h6-7,10H,2-5H2,1H3,(H,9,11)/t6-,7?/m1/s1. The lowest BCUT2D eigenvalue weighted by Gasteiger charge is -2.13. The molecule has 0 aliphatic carbocycles. The molecule has 1 fully saturated rings. The summed E-state index contributed by atoms with van der Waals surface area (Å²) in [5.74, 6) is -0.0203. The fourth-order valence-electron chi connectivity index (χ4n) is 1.15. The molecule has 2 atom stereocenters. The van der Waals surface area contributed by atoms with Crippen molar-refractivity contribution in [3.8, 4) is 0 Å². The van der Waals surface area contributed by atoms with E-state index in [2.05, 4.69) is 5.32 Å². The van der Waals surface area contributed by atoms with E-state index in [1.807, 2.05) is 0 Å². The van der Waals surface area contributed by atoms with Crippen LogP contribution in [0.1, 0.15) is 13.3 Å². The second-order valence-electron chi connectivity index (χ2n) is 3.15. The molecule has 70 valence electrons. The number of aliphatic hydroxyl groups is 1. The Balaban J connectivity index is 2.27. The predicted molar refractivity (Wildman–Crippen MR) is 43.6 cm³/mol. The fourth-order valence-corrected chi connectivity index (χ4v) is 1.15. The average molecular weight is 173 g/mol. The van der Waals surface area contributed by atoms with E-state index in [1.165, 1.54) is 0 Å². The van der Waals surface area contributed by atoms with Gasteiger partial charge in [-0.1, -0.05) is 0 Å². The molecule has 1 rings (SSSR count). The van der Waals surface area contributed by atoms with Crippen molar-refractivity contribution >= 4 is 5.91 Å². The van der Waals surface area contributed by atoms with Crippen LogP contribution in [-0.2, 0) is 9.53 Å². The summed E-state index contributed by atoms with van der Waals surface area (Å²) in [4.78, 5) is 11.3. The molecule has 1 amide bonds. The van der Waals surface area contributed by atoms with E-state index in [9.17, 15) is 4.79 Å². The smallest absolute Gasteiger partial charge is 0.225 e. The first-order valence-corrected chi connectivity index (χ1v) is 4.23. The summed E-state index contributed by atoms with van der Waals surface area (Å²) in [6.45, 7) is 2.95. The summed E-state index contributed by atoms with van der Waals surface area (Å²) in [5, 5.41) is 11.4. The molecule has 0 aromatic heterocycles. The van der Waals surface area contributed by atoms with Crippen LogP contribution in [0, 0.1) is 5.92 Å². The van der Waals surface area contributed by atoms with Gasteiger partial charge in [0, 0.05) is 12.6 Å². The minimum Gasteiger partial charge on any atom is -0.394 e. The molecule has 0 bridgehead atoms. The van der Waals surface area contributed by atoms with Crippen molar-refractivity contribution in [2.24, 2.45) is 5.92 Å². The van der Waals surface area contributed by atoms with Crippen LogP contribution in [0.3, 0.4) is 0 Å². The molecule has 2 N–H and O–H groups in total. The fraction of sp³-hybridized carbons (Fsp3) is 0.875. The molecule has 1 saturated heterocycles. The Morgan fingerprint density at radius 3 is 3.08 bits per heavy atom. The Morgan fingerprint density at radius 2 is 2.58 bits per heavy atom. The van der Waals surface area contributed by atoms with Gasteiger partial charge in [0.25, 0.3) is 0 Å². The van der Waals surface area contributed by atoms with Gasteiger partial charge < -0.3 is 15.2 Å². The van der Waals surface area contributed by atoms with Gasteiger partial charge >= 0.3 is 0 Å². The quantitative estimate of drug-likeness (QED) is 0.606. The molecule has 0 radical (unpaired) electrons. The van der Waals surface area contributed by atoms with Crippen LogP contribution < -0.4 is 5.32 Å². The zero-order valence-electron chi connectivity index (χ0n) is 7.25. The van der Waals surface area contributed by atoms with Crippen molar-refractivity contribution in [1.82, 2.24) is 5.32 Å². The van der Waals surface area contributed by atoms with Gasteiger partial charge in [0.15, 0.2) is 0 Å². The molecule has 1 aliphatic rings. The van der Waals surface area contributed by atoms with Crippen LogP contribution in [0.2, 0.25) is 0 Å². The topological polar surface area (TPSA) is 58.6 Å². The lowest BCUT2D eigenvalue weighted by Crippen LogP contribution is -2.39. The van der Waals surface area contributed by atoms with E-state index in [0.29, 0.717) is 13.2 Å². The number of amides is 1. The average Bonchev–Trinajstić information content (AvgIpc) is 2.56. The number of carbonyl (C=O) groups excluding carboxylic acids is 1. The van der Waals surface area contributed by atoms with E-state index in [1.54, 1.807) is 6.92 Å². The molecule has 0 spiro atoms. The first kappa shape index (κ1) is 9.48. The number of nitrogens with one attached hydrogen (secondary N) is 1. The lowest BCUT2D eigenvalue weighted by atomic mass is 10.1. The molecule has 1 unspecified atom stereocenters. The third kappa shape index (κ3) is 2.46. The second-order valence-corrected chi connectivity index (χ2v) is 3.15. The third-order valence-electron chi connectivity index (χ3n) is 1.96. The SMILES string of the molecule is C[C@H](CO)NC(=O)C1CCOC1. The Labute approximate surface area is 71.9 Å². The Kier molecular flexibility index (Phi) is 3.49. The van der Waals surface area contributed by atoms with E-state index < -0.39 is 0 Å². The second kappa shape index (κ2) is 4.42. The summed E-state index contributed by atoms with van der Waals surface area (Å²) in [5.41, 5.74) is 0. The zero-order chi connectivity index (χ0) is 8.97. The Morgan fingerprint density at radius 1 is 1.83 bits per heavy atom. The van der Waals surface area contributed by atoms with Gasteiger partial charge in [0.1, 0.15) is 0 Å². The third-order valence-corrected chi connectivity index (χ3v) is 1.96. The van der Waals surface area contributed by atoms with Crippen molar-refractivity contribution in [1.29, 1.82) is 0 Å². The predicted octanol–water partition coefficient (Wildman–Crippen LogP) is -0.480. The maximum Gasteiger partial charge on any atom is 0.225 e. The highest BCUT2D eigenvalue weighted by molar-refractivity contribution is 5.79. The summed E-state index contributed by atoms with van der Waals surface area (Å²) in [7, 11) is 0. The first-order chi connectivity index (χ1) is 5.74. The summed E-state index contributed by atoms with van der Waals surface area (Å²) in [6, 6.07) is -0.155. The minimum atomic E-state index is -0.155. The van der Waals surface area contributed by atoms with Gasteiger partial charge in [-0.15, -0.1) is 0 Å². The highest BCUT2D eigenvalue weighted by atomic mass is 16.5. The van der Waals surface area contributed by atoms with Crippen LogP contribution >= 0.6 is 0 Å². The number of hydrogen-bond donors (Lipinski definition) is 2. The maximum atomic E-state index is 11.3. The molecule has 1 heterocycles. The highest BCUT2D eigenvalue weighted by Gasteiger charge is 2.23. The first-order valence-electron chi connectivity index (χ1n) is 4.23. The zero-order valence-corrected chi connectivity index (χ0v) is 7.25. The van der Waals surface area contributed by atoms with Gasteiger partial charge in [-0.05, 0) is 13.3 Å². The minimum absolute atomic E-state index is 0.00551. The van der Waals surface area contributed by atoms with E-state index in [4.69, 9.17) is 9.84 Å². The van der Waals surface area contributed by atoms with E-state index >= 15 is 0 Å². The van der Waals surface area contributed by atoms with Crippen molar-refractivity contribution in [2.75, 3.05) is 19.8 Å². The van der Waals surface area contributed by atoms with Crippen LogP contribution in [0.5, 0.6) is 0 Å². The van der Waals surface area contributed by atoms with Gasteiger partial charge in [-0.25, -0.2) is 0 Å². The van der Waals surface area contributed by atoms with Gasteiger partial charge in [-0.2, -0.15) is 0 Å². The molecular formula is C8H15NO3. The van der Waals surface area contributed by atoms with Crippen LogP contribution in [0.15, 0.2) is 0 Å². The van der Waals surface area contributed by atoms with Crippen molar-refractivity contribution in [3.63, 3.8) is 0 Å². The number of ether oxygens (including phenoxy) is 1. The molecule has 0 aromatic rings. The van der Waals surface area contributed by atoms with Crippen molar-refractivity contribution in [2.45, 2.75) is 19.4 Å². The largest absolute Gasteiger partial charge is 0.394 e. The van der Waals surface area contributed by atoms with E-state index in [0.717, 1.165) is 6.42 Å². The summed E-state index contributed by atoms with van der Waals surface area (Å²) in [6.07, 6.45) is 0.796. The molecule has 0 saturated carbocycles. The molecule has 4 nitrogen and oxygen atoms in total. The monoisotopic (exact) mass is 173 g/mol. The lowest BCUT2D eigenvalue weighted by molar-refractivity contribution is -0.125. The van der Waals surface area contributed by atoms with E-state index in [-0.39, 0.29) is 24.5 Å². The number of hydrogen-bond acceptors (Lipinski definition) is 3. The molecule has 0 aromatic carbocycles. The van der Waals surface area contributed by atoms with Crippen molar-refractivity contribution < 1.29 is 14.6 Å². The number of aliphatic hydroxyl groups excluding tert-OH is 1. The number of carbonyl (C=O) groups is 1. The normalized spacial score (nSPS) is 25.3. The van der Waals surface area contributed by atoms with Crippen LogP contribution in [0.25, 0.3) is 0 Å². The Bertz CT molecular complexity index is 154. The van der Waals surface area contributed by atoms with Crippen LogP contribution in [-0.4, -0.2) is 36.9 Å². The molecule has 12 heavy (non-hydrogen) atoms. The van der Waals surface area contributed by atoms with Crippen molar-refractivity contribution in [3.05, 3.63) is 0 Å². The van der Waals surface area contributed by atoms with Gasteiger partial charge in [0.2, 0.25) is 5.91 Å². The molecular weight excluding hydrogens is 158 g/mol. The summed E-state index contributed by atoms with van der Waals surface area (Å²) < 4.78 is 5.07. The Hall–Kier alpha value is -0.610. The summed E-state index contributed by atoms with van der Waals surface area (Å²) >= 11 is 0. The number of rotatable bonds is 3. The maximum absolute atomic E-state index is 11.3. The highest BCUT2D eigenvalue weighted by Crippen LogP contribution is 2.11. The van der Waals surface area contributed by atoms with Gasteiger partial charge in [-0.3, -0.25) is 4.79 Å².